The average Bonchev–Trinajstić information content (AvgIpc) is 3.35. The molecule has 0 aliphatic carbocycles. The van der Waals surface area contributed by atoms with Gasteiger partial charge in [0.15, 0.2) is 0 Å². The molecule has 0 radical (unpaired) electrons. The lowest BCUT2D eigenvalue weighted by atomic mass is 10.0. The summed E-state index contributed by atoms with van der Waals surface area (Å²) in [7, 11) is -1.45. The summed E-state index contributed by atoms with van der Waals surface area (Å²) in [6.45, 7) is 6.37. The fraction of sp³-hybridized carbons (Fsp3) is 0.654. The van der Waals surface area contributed by atoms with Gasteiger partial charge in [-0.25, -0.2) is 8.42 Å². The number of hydrogen-bond donors (Lipinski definition) is 0. The summed E-state index contributed by atoms with van der Waals surface area (Å²) in [4.78, 5) is 20.0. The summed E-state index contributed by atoms with van der Waals surface area (Å²) in [6, 6.07) is 8.03. The second-order valence-electron chi connectivity index (χ2n) is 10.3. The molecule has 4 heterocycles. The molecule has 3 fully saturated rings. The number of amides is 1. The minimum absolute atomic E-state index is 0.00655. The van der Waals surface area contributed by atoms with E-state index >= 15 is 0 Å². The van der Waals surface area contributed by atoms with Crippen molar-refractivity contribution in [3.8, 4) is 0 Å². The topological polar surface area (TPSA) is 73.4 Å². The van der Waals surface area contributed by atoms with Crippen molar-refractivity contribution in [1.82, 2.24) is 19.0 Å². The molecule has 5 rings (SSSR count). The molecule has 1 aromatic carbocycles. The van der Waals surface area contributed by atoms with E-state index in [9.17, 15) is 13.2 Å². The number of nitrogens with zero attached hydrogens (tertiary/aromatic N) is 4. The number of likely N-dealkylation sites (tertiary alicyclic amines) is 1. The Bertz CT molecular complexity index is 1140. The molecule has 2 aromatic rings. The number of hydrogen-bond acceptors (Lipinski definition) is 7. The van der Waals surface area contributed by atoms with Crippen LogP contribution in [0.4, 0.5) is 0 Å². The molecule has 0 N–H and O–H groups in total. The summed E-state index contributed by atoms with van der Waals surface area (Å²) in [5.74, 6) is 0.00655. The first-order chi connectivity index (χ1) is 17.4. The van der Waals surface area contributed by atoms with E-state index in [4.69, 9.17) is 4.74 Å². The molecular formula is C26H38N4O4S2. The number of fused-ring (bicyclic) bond motifs is 1. The van der Waals surface area contributed by atoms with E-state index in [-0.39, 0.29) is 25.2 Å². The predicted molar refractivity (Wildman–Crippen MR) is 143 cm³/mol. The smallest absolute Gasteiger partial charge is 0.248 e. The van der Waals surface area contributed by atoms with Crippen LogP contribution in [-0.2, 0) is 19.6 Å². The Hall–Kier alpha value is -1.56. The maximum atomic E-state index is 13.6. The number of rotatable bonds is 7. The lowest BCUT2D eigenvalue weighted by molar-refractivity contribution is -0.138. The molecule has 0 bridgehead atoms. The van der Waals surface area contributed by atoms with E-state index in [0.29, 0.717) is 17.5 Å². The molecule has 3 aliphatic rings. The second kappa shape index (κ2) is 11.4. The summed E-state index contributed by atoms with van der Waals surface area (Å²) >= 11 is 1.46. The number of carbonyl (C=O) groups excluding carboxylic acids is 1. The molecular weight excluding hydrogens is 496 g/mol. The lowest BCUT2D eigenvalue weighted by Gasteiger charge is -2.42. The summed E-state index contributed by atoms with van der Waals surface area (Å²) in [5.41, 5.74) is 0. The minimum Gasteiger partial charge on any atom is -0.370 e. The minimum atomic E-state index is -3.63. The third kappa shape index (κ3) is 5.63. The molecule has 1 aromatic heterocycles. The highest BCUT2D eigenvalue weighted by Gasteiger charge is 2.35. The molecule has 3 saturated heterocycles. The molecule has 3 aliphatic heterocycles. The van der Waals surface area contributed by atoms with Crippen LogP contribution in [0.15, 0.2) is 34.5 Å². The number of sulfonamides is 1. The van der Waals surface area contributed by atoms with Gasteiger partial charge in [-0.05, 0) is 51.9 Å². The second-order valence-corrected chi connectivity index (χ2v) is 13.1. The van der Waals surface area contributed by atoms with Gasteiger partial charge in [-0.15, -0.1) is 11.3 Å². The zero-order valence-electron chi connectivity index (χ0n) is 21.2. The van der Waals surface area contributed by atoms with E-state index in [0.717, 1.165) is 68.6 Å². The first-order valence-corrected chi connectivity index (χ1v) is 15.5. The zero-order chi connectivity index (χ0) is 25.1. The molecule has 1 amide bonds. The van der Waals surface area contributed by atoms with E-state index in [2.05, 4.69) is 16.8 Å². The highest BCUT2D eigenvalue weighted by Crippen LogP contribution is 2.34. The number of benzene rings is 1. The van der Waals surface area contributed by atoms with Crippen LogP contribution in [0.3, 0.4) is 0 Å². The molecule has 1 unspecified atom stereocenters. The average molecular weight is 535 g/mol. The number of thiophene rings is 1. The van der Waals surface area contributed by atoms with E-state index < -0.39 is 10.0 Å². The van der Waals surface area contributed by atoms with Crippen LogP contribution >= 0.6 is 11.3 Å². The van der Waals surface area contributed by atoms with Gasteiger partial charge in [0.2, 0.25) is 15.9 Å². The molecule has 0 spiro atoms. The summed E-state index contributed by atoms with van der Waals surface area (Å²) in [6.07, 6.45) is 4.98. The van der Waals surface area contributed by atoms with Crippen molar-refractivity contribution in [2.24, 2.45) is 0 Å². The first-order valence-electron chi connectivity index (χ1n) is 13.2. The number of carbonyl (C=O) groups is 1. The van der Waals surface area contributed by atoms with Crippen molar-refractivity contribution < 1.29 is 17.9 Å². The Morgan fingerprint density at radius 3 is 2.53 bits per heavy atom. The Balaban J connectivity index is 1.13. The van der Waals surface area contributed by atoms with Gasteiger partial charge in [0.1, 0.15) is 11.5 Å². The molecule has 198 valence electrons. The summed E-state index contributed by atoms with van der Waals surface area (Å²) < 4.78 is 35.6. The van der Waals surface area contributed by atoms with Crippen LogP contribution in [-0.4, -0.2) is 111 Å². The number of ether oxygens (including phenoxy) is 1. The quantitative estimate of drug-likeness (QED) is 0.544. The van der Waals surface area contributed by atoms with E-state index in [1.807, 2.05) is 29.2 Å². The Morgan fingerprint density at radius 2 is 1.75 bits per heavy atom. The fourth-order valence-corrected chi connectivity index (χ4v) is 8.96. The van der Waals surface area contributed by atoms with Gasteiger partial charge in [-0.3, -0.25) is 9.69 Å². The highest BCUT2D eigenvalue weighted by molar-refractivity contribution is 7.89. The highest BCUT2D eigenvalue weighted by atomic mass is 32.2. The Morgan fingerprint density at radius 1 is 1.00 bits per heavy atom. The van der Waals surface area contributed by atoms with Crippen LogP contribution in [0.25, 0.3) is 10.1 Å². The monoisotopic (exact) mass is 534 g/mol. The van der Waals surface area contributed by atoms with E-state index in [1.165, 1.54) is 24.2 Å². The van der Waals surface area contributed by atoms with Crippen LogP contribution in [0, 0.1) is 0 Å². The van der Waals surface area contributed by atoms with Gasteiger partial charge in [0, 0.05) is 60.3 Å². The predicted octanol–water partition coefficient (Wildman–Crippen LogP) is 2.70. The molecule has 36 heavy (non-hydrogen) atoms. The largest absolute Gasteiger partial charge is 0.370 e. The lowest BCUT2D eigenvalue weighted by Crippen LogP contribution is -2.54. The number of piperazine rings is 1. The van der Waals surface area contributed by atoms with Crippen molar-refractivity contribution >= 4 is 37.4 Å². The van der Waals surface area contributed by atoms with Gasteiger partial charge in [0.05, 0.1) is 6.61 Å². The SMILES string of the molecule is CN1CCC(N2CCN(C(=O)COCC3CCCCN3S(=O)(=O)c3csc4ccccc34)CC2)CC1. The maximum absolute atomic E-state index is 13.6. The zero-order valence-corrected chi connectivity index (χ0v) is 22.8. The van der Waals surface area contributed by atoms with Crippen LogP contribution in [0.2, 0.25) is 0 Å². The first kappa shape index (κ1) is 26.1. The maximum Gasteiger partial charge on any atom is 0.248 e. The third-order valence-electron chi connectivity index (χ3n) is 8.01. The summed E-state index contributed by atoms with van der Waals surface area (Å²) in [5, 5.41) is 2.53. The number of piperidine rings is 2. The Labute approximate surface area is 218 Å². The van der Waals surface area contributed by atoms with Crippen LogP contribution in [0.1, 0.15) is 32.1 Å². The van der Waals surface area contributed by atoms with Crippen LogP contribution < -0.4 is 0 Å². The van der Waals surface area contributed by atoms with Gasteiger partial charge in [-0.1, -0.05) is 24.6 Å². The fourth-order valence-electron chi connectivity index (χ4n) is 5.81. The van der Waals surface area contributed by atoms with Gasteiger partial charge >= 0.3 is 0 Å². The third-order valence-corrected chi connectivity index (χ3v) is 11.1. The van der Waals surface area contributed by atoms with Crippen molar-refractivity contribution in [1.29, 1.82) is 0 Å². The Kier molecular flexibility index (Phi) is 8.29. The standard InChI is InChI=1S/C26H38N4O4S2/c1-27-12-9-21(10-13-27)28-14-16-29(17-15-28)26(31)19-34-18-22-6-4-5-11-30(22)36(32,33)25-20-35-24-8-3-2-7-23(24)25/h2-3,7-8,20-22H,4-6,9-19H2,1H3. The van der Waals surface area contributed by atoms with Crippen LogP contribution in [0.5, 0.6) is 0 Å². The van der Waals surface area contributed by atoms with Gasteiger partial charge in [-0.2, -0.15) is 4.31 Å². The van der Waals surface area contributed by atoms with Gasteiger partial charge in [0.25, 0.3) is 0 Å². The van der Waals surface area contributed by atoms with Crippen molar-refractivity contribution in [3.63, 3.8) is 0 Å². The molecule has 0 saturated carbocycles. The van der Waals surface area contributed by atoms with Crippen molar-refractivity contribution in [2.45, 2.75) is 49.1 Å². The molecule has 8 nitrogen and oxygen atoms in total. The van der Waals surface area contributed by atoms with Crippen molar-refractivity contribution in [2.75, 3.05) is 66.1 Å². The van der Waals surface area contributed by atoms with Gasteiger partial charge < -0.3 is 14.5 Å². The normalized spacial score (nSPS) is 23.9. The van der Waals surface area contributed by atoms with E-state index in [1.54, 1.807) is 9.69 Å². The molecule has 1 atom stereocenters. The molecule has 10 heteroatoms. The van der Waals surface area contributed by atoms with Crippen molar-refractivity contribution in [3.05, 3.63) is 29.6 Å².